The first-order valence-electron chi connectivity index (χ1n) is 8.61. The van der Waals surface area contributed by atoms with Crippen molar-refractivity contribution in [1.82, 2.24) is 9.13 Å². The smallest absolute Gasteiger partial charge is 0.259 e. The van der Waals surface area contributed by atoms with Crippen LogP contribution >= 0.6 is 0 Å². The van der Waals surface area contributed by atoms with E-state index in [1.165, 1.54) is 0 Å². The summed E-state index contributed by atoms with van der Waals surface area (Å²) in [5, 5.41) is 3.67. The summed E-state index contributed by atoms with van der Waals surface area (Å²) in [5.41, 5.74) is 3.82. The minimum Gasteiger partial charge on any atom is -0.338 e. The molecule has 3 aromatic rings. The second-order valence-electron chi connectivity index (χ2n) is 6.16. The highest BCUT2D eigenvalue weighted by Gasteiger charge is 2.12. The minimum atomic E-state index is -0.0961. The van der Waals surface area contributed by atoms with Crippen molar-refractivity contribution in [3.63, 3.8) is 0 Å². The number of aromatic nitrogens is 2. The van der Waals surface area contributed by atoms with E-state index >= 15 is 0 Å². The fourth-order valence-electron chi connectivity index (χ4n) is 3.16. The van der Waals surface area contributed by atoms with Crippen molar-refractivity contribution in [3.8, 4) is 0 Å². The van der Waals surface area contributed by atoms with Crippen LogP contribution in [0.2, 0.25) is 0 Å². The first kappa shape index (κ1) is 17.0. The van der Waals surface area contributed by atoms with Crippen LogP contribution < -0.4 is 10.9 Å². The highest BCUT2D eigenvalue weighted by molar-refractivity contribution is 5.93. The summed E-state index contributed by atoms with van der Waals surface area (Å²) in [4.78, 5) is 24.9. The average Bonchev–Trinajstić information content (AvgIpc) is 3.00. The summed E-state index contributed by atoms with van der Waals surface area (Å²) in [7, 11) is 0. The van der Waals surface area contributed by atoms with Crippen LogP contribution in [-0.4, -0.2) is 15.0 Å². The molecule has 0 aliphatic heterocycles. The van der Waals surface area contributed by atoms with Crippen LogP contribution in [0.4, 0.5) is 5.69 Å². The van der Waals surface area contributed by atoms with Gasteiger partial charge in [-0.15, -0.1) is 0 Å². The van der Waals surface area contributed by atoms with E-state index in [0.717, 1.165) is 28.8 Å². The number of carbonyl (C=O) groups is 1. The fraction of sp³-hybridized carbons (Fsp3) is 0.300. The van der Waals surface area contributed by atoms with Crippen LogP contribution in [0.1, 0.15) is 25.0 Å². The molecule has 0 saturated carbocycles. The number of hydrogen-bond acceptors (Lipinski definition) is 2. The topological polar surface area (TPSA) is 56.0 Å². The van der Waals surface area contributed by atoms with Crippen molar-refractivity contribution < 1.29 is 4.79 Å². The second kappa shape index (κ2) is 6.97. The van der Waals surface area contributed by atoms with E-state index in [1.807, 2.05) is 42.7 Å². The predicted octanol–water partition coefficient (Wildman–Crippen LogP) is 3.33. The molecule has 0 bridgehead atoms. The van der Waals surface area contributed by atoms with Gasteiger partial charge in [0.25, 0.3) is 5.56 Å². The van der Waals surface area contributed by atoms with Gasteiger partial charge in [0.15, 0.2) is 0 Å². The van der Waals surface area contributed by atoms with Crippen LogP contribution in [0.5, 0.6) is 0 Å². The molecule has 130 valence electrons. The maximum absolute atomic E-state index is 12.5. The predicted molar refractivity (Wildman–Crippen MR) is 101 cm³/mol. The average molecular weight is 337 g/mol. The van der Waals surface area contributed by atoms with Crippen LogP contribution in [-0.2, 0) is 24.3 Å². The number of benzene rings is 1. The van der Waals surface area contributed by atoms with E-state index in [2.05, 4.69) is 12.2 Å². The molecule has 0 saturated heterocycles. The summed E-state index contributed by atoms with van der Waals surface area (Å²) in [5.74, 6) is -0.0961. The molecule has 0 atom stereocenters. The van der Waals surface area contributed by atoms with Crippen LogP contribution in [0.15, 0.2) is 47.5 Å². The zero-order chi connectivity index (χ0) is 18.0. The molecule has 2 heterocycles. The Morgan fingerprint density at radius 2 is 1.84 bits per heavy atom. The lowest BCUT2D eigenvalue weighted by Crippen LogP contribution is -2.21. The van der Waals surface area contributed by atoms with E-state index in [0.29, 0.717) is 11.9 Å². The van der Waals surface area contributed by atoms with Crippen molar-refractivity contribution in [2.45, 2.75) is 40.3 Å². The molecule has 0 fully saturated rings. The Kier molecular flexibility index (Phi) is 4.74. The summed E-state index contributed by atoms with van der Waals surface area (Å²) in [6.45, 7) is 6.81. The zero-order valence-corrected chi connectivity index (χ0v) is 14.9. The molecule has 1 N–H and O–H groups in total. The number of nitrogens with zero attached hydrogens (tertiary/aromatic N) is 2. The summed E-state index contributed by atoms with van der Waals surface area (Å²) < 4.78 is 3.48. The van der Waals surface area contributed by atoms with E-state index < -0.39 is 0 Å². The number of aryl methyl sites for hydroxylation is 3. The molecule has 0 aliphatic rings. The Morgan fingerprint density at radius 3 is 2.56 bits per heavy atom. The maximum atomic E-state index is 12.5. The first-order chi connectivity index (χ1) is 12.0. The lowest BCUT2D eigenvalue weighted by Gasteiger charge is -2.13. The highest BCUT2D eigenvalue weighted by Crippen LogP contribution is 2.21. The van der Waals surface area contributed by atoms with Gasteiger partial charge in [-0.2, -0.15) is 0 Å². The third-order valence-electron chi connectivity index (χ3n) is 4.57. The molecular weight excluding hydrogens is 314 g/mol. The number of fused-ring (bicyclic) bond motifs is 1. The number of nitrogens with one attached hydrogen (secondary N) is 1. The van der Waals surface area contributed by atoms with Crippen LogP contribution in [0, 0.1) is 6.92 Å². The Balaban J connectivity index is 1.86. The van der Waals surface area contributed by atoms with Crippen molar-refractivity contribution in [3.05, 3.63) is 64.2 Å². The summed E-state index contributed by atoms with van der Waals surface area (Å²) in [6.07, 6.45) is 4.43. The molecule has 25 heavy (non-hydrogen) atoms. The SMILES string of the molecule is CCc1cccc(C)c1NC(=O)Cn1ccc2c(=O)n(CC)ccc21. The normalized spacial score (nSPS) is 11.0. The maximum Gasteiger partial charge on any atom is 0.259 e. The Morgan fingerprint density at radius 1 is 1.08 bits per heavy atom. The number of pyridine rings is 1. The largest absolute Gasteiger partial charge is 0.338 e. The third-order valence-corrected chi connectivity index (χ3v) is 4.57. The van der Waals surface area contributed by atoms with Gasteiger partial charge in [0.05, 0.1) is 10.9 Å². The van der Waals surface area contributed by atoms with Gasteiger partial charge >= 0.3 is 0 Å². The Hall–Kier alpha value is -2.82. The molecule has 0 spiro atoms. The fourth-order valence-corrected chi connectivity index (χ4v) is 3.16. The minimum absolute atomic E-state index is 0.0219. The molecule has 1 amide bonds. The molecule has 1 aromatic carbocycles. The molecule has 2 aromatic heterocycles. The van der Waals surface area contributed by atoms with Gasteiger partial charge in [0, 0.05) is 24.6 Å². The number of para-hydroxylation sites is 1. The molecule has 3 rings (SSSR count). The van der Waals surface area contributed by atoms with E-state index in [1.54, 1.807) is 23.0 Å². The van der Waals surface area contributed by atoms with Crippen molar-refractivity contribution in [2.24, 2.45) is 0 Å². The standard InChI is InChI=1S/C20H23N3O2/c1-4-15-8-6-7-14(3)19(15)21-18(24)13-23-11-9-16-17(23)10-12-22(5-2)20(16)25/h6-12H,4-5,13H2,1-3H3,(H,21,24). The van der Waals surface area contributed by atoms with E-state index in [4.69, 9.17) is 0 Å². The Bertz CT molecular complexity index is 982. The van der Waals surface area contributed by atoms with E-state index in [-0.39, 0.29) is 18.0 Å². The van der Waals surface area contributed by atoms with Gasteiger partial charge in [-0.05, 0) is 43.5 Å². The molecular formula is C20H23N3O2. The van der Waals surface area contributed by atoms with Gasteiger partial charge in [-0.1, -0.05) is 25.1 Å². The first-order valence-corrected chi connectivity index (χ1v) is 8.61. The van der Waals surface area contributed by atoms with Gasteiger partial charge in [0.1, 0.15) is 6.54 Å². The summed E-state index contributed by atoms with van der Waals surface area (Å²) >= 11 is 0. The van der Waals surface area contributed by atoms with Crippen molar-refractivity contribution >= 4 is 22.5 Å². The Labute approximate surface area is 146 Å². The molecule has 0 radical (unpaired) electrons. The van der Waals surface area contributed by atoms with E-state index in [9.17, 15) is 9.59 Å². The lowest BCUT2D eigenvalue weighted by atomic mass is 10.1. The lowest BCUT2D eigenvalue weighted by molar-refractivity contribution is -0.116. The number of carbonyl (C=O) groups excluding carboxylic acids is 1. The number of rotatable bonds is 5. The molecule has 0 unspecified atom stereocenters. The van der Waals surface area contributed by atoms with Crippen LogP contribution in [0.3, 0.4) is 0 Å². The van der Waals surface area contributed by atoms with Gasteiger partial charge in [-0.25, -0.2) is 0 Å². The monoisotopic (exact) mass is 337 g/mol. The van der Waals surface area contributed by atoms with Crippen LogP contribution in [0.25, 0.3) is 10.9 Å². The third kappa shape index (κ3) is 3.22. The van der Waals surface area contributed by atoms with Crippen molar-refractivity contribution in [1.29, 1.82) is 0 Å². The summed E-state index contributed by atoms with van der Waals surface area (Å²) in [6, 6.07) is 9.69. The zero-order valence-electron chi connectivity index (χ0n) is 14.9. The number of amides is 1. The van der Waals surface area contributed by atoms with Gasteiger partial charge in [0.2, 0.25) is 5.91 Å². The van der Waals surface area contributed by atoms with Gasteiger partial charge < -0.3 is 14.5 Å². The number of hydrogen-bond donors (Lipinski definition) is 1. The van der Waals surface area contributed by atoms with Gasteiger partial charge in [-0.3, -0.25) is 9.59 Å². The number of anilines is 1. The van der Waals surface area contributed by atoms with Crippen molar-refractivity contribution in [2.75, 3.05) is 5.32 Å². The quantitative estimate of drug-likeness (QED) is 0.776. The molecule has 0 aliphatic carbocycles. The molecule has 5 heteroatoms. The molecule has 5 nitrogen and oxygen atoms in total. The highest BCUT2D eigenvalue weighted by atomic mass is 16.2. The second-order valence-corrected chi connectivity index (χ2v) is 6.16.